The third kappa shape index (κ3) is 1.84. The summed E-state index contributed by atoms with van der Waals surface area (Å²) in [7, 11) is 0. The number of pyridine rings is 1. The molecule has 1 aromatic heterocycles. The number of nitrogen functional groups attached to an aromatic ring is 1. The van der Waals surface area contributed by atoms with E-state index in [-0.39, 0.29) is 17.2 Å². The fourth-order valence-electron chi connectivity index (χ4n) is 1.09. The smallest absolute Gasteiger partial charge is 0.283 e. The predicted molar refractivity (Wildman–Crippen MR) is 53.6 cm³/mol. The number of hydrogen-bond donors (Lipinski definition) is 1. The Morgan fingerprint density at radius 1 is 1.50 bits per heavy atom. The number of nitrogens with zero attached hydrogens (tertiary/aromatic N) is 1. The lowest BCUT2D eigenvalue weighted by molar-refractivity contribution is -0.607. The van der Waals surface area contributed by atoms with Gasteiger partial charge in [0.25, 0.3) is 5.69 Å². The number of rotatable bonds is 1. The highest BCUT2D eigenvalue weighted by Gasteiger charge is 2.31. The van der Waals surface area contributed by atoms with Crippen LogP contribution in [-0.4, -0.2) is 5.78 Å². The van der Waals surface area contributed by atoms with Gasteiger partial charge in [0.1, 0.15) is 5.69 Å². The average molecular weight is 194 g/mol. The number of ketones is 1. The van der Waals surface area contributed by atoms with E-state index < -0.39 is 5.41 Å². The number of anilines is 1. The quantitative estimate of drug-likeness (QED) is 0.414. The van der Waals surface area contributed by atoms with Gasteiger partial charge >= 0.3 is 0 Å². The van der Waals surface area contributed by atoms with Crippen LogP contribution in [0, 0.1) is 10.6 Å². The number of Topliss-reactive ketones (excluding diaryl/α,β-unsaturated/α-hetero) is 1. The van der Waals surface area contributed by atoms with Crippen molar-refractivity contribution < 1.29 is 9.52 Å². The van der Waals surface area contributed by atoms with Crippen molar-refractivity contribution >= 4 is 11.5 Å². The monoisotopic (exact) mass is 194 g/mol. The molecule has 0 unspecified atom stereocenters. The Morgan fingerprint density at radius 2 is 2.07 bits per heavy atom. The first kappa shape index (κ1) is 10.5. The van der Waals surface area contributed by atoms with Crippen molar-refractivity contribution in [1.82, 2.24) is 0 Å². The van der Waals surface area contributed by atoms with Gasteiger partial charge in [-0.2, -0.15) is 4.73 Å². The lowest BCUT2D eigenvalue weighted by Gasteiger charge is -2.16. The van der Waals surface area contributed by atoms with Gasteiger partial charge < -0.3 is 10.9 Å². The number of carbonyl (C=O) groups is 1. The van der Waals surface area contributed by atoms with Gasteiger partial charge in [-0.1, -0.05) is 20.8 Å². The van der Waals surface area contributed by atoms with Gasteiger partial charge in [-0.15, -0.1) is 0 Å². The first-order chi connectivity index (χ1) is 6.34. The molecule has 14 heavy (non-hydrogen) atoms. The number of aromatic nitrogens is 1. The molecule has 0 saturated carbocycles. The molecule has 0 amide bonds. The molecule has 0 spiro atoms. The van der Waals surface area contributed by atoms with E-state index in [4.69, 9.17) is 5.73 Å². The van der Waals surface area contributed by atoms with Gasteiger partial charge in [0.2, 0.25) is 5.78 Å². The zero-order valence-electron chi connectivity index (χ0n) is 8.57. The lowest BCUT2D eigenvalue weighted by atomic mass is 9.88. The van der Waals surface area contributed by atoms with Crippen molar-refractivity contribution in [3.63, 3.8) is 0 Å². The van der Waals surface area contributed by atoms with E-state index in [9.17, 15) is 10.0 Å². The maximum absolute atomic E-state index is 11.8. The Balaban J connectivity index is 3.26. The molecule has 4 heteroatoms. The molecule has 4 nitrogen and oxygen atoms in total. The lowest BCUT2D eigenvalue weighted by Crippen LogP contribution is -2.39. The molecule has 0 saturated heterocycles. The van der Waals surface area contributed by atoms with Crippen LogP contribution in [0.5, 0.6) is 0 Å². The summed E-state index contributed by atoms with van der Waals surface area (Å²) in [5.41, 5.74) is 5.23. The van der Waals surface area contributed by atoms with Crippen LogP contribution in [0.4, 0.5) is 5.69 Å². The second kappa shape index (κ2) is 3.29. The summed E-state index contributed by atoms with van der Waals surface area (Å²) in [5, 5.41) is 11.3. The SMILES string of the molecule is CC(C)(C)C(=O)c1c(N)ccc[n+]1[O-]. The maximum atomic E-state index is 11.8. The molecule has 76 valence electrons. The molecule has 2 N–H and O–H groups in total. The summed E-state index contributed by atoms with van der Waals surface area (Å²) in [5.74, 6) is -0.245. The van der Waals surface area contributed by atoms with Crippen LogP contribution in [0.25, 0.3) is 0 Å². The molecule has 1 aromatic rings. The van der Waals surface area contributed by atoms with E-state index in [0.29, 0.717) is 4.73 Å². The number of hydrogen-bond acceptors (Lipinski definition) is 3. The summed E-state index contributed by atoms with van der Waals surface area (Å²) in [6, 6.07) is 3.06. The van der Waals surface area contributed by atoms with Crippen molar-refractivity contribution in [3.8, 4) is 0 Å². The van der Waals surface area contributed by atoms with Gasteiger partial charge in [0.05, 0.1) is 0 Å². The van der Waals surface area contributed by atoms with Crippen LogP contribution >= 0.6 is 0 Å². The molecule has 0 aliphatic rings. The van der Waals surface area contributed by atoms with Crippen LogP contribution < -0.4 is 10.5 Å². The van der Waals surface area contributed by atoms with Crippen molar-refractivity contribution in [1.29, 1.82) is 0 Å². The normalized spacial score (nSPS) is 11.4. The molecule has 0 radical (unpaired) electrons. The molecule has 1 heterocycles. The third-order valence-electron chi connectivity index (χ3n) is 1.89. The van der Waals surface area contributed by atoms with Gasteiger partial charge in [-0.05, 0) is 6.07 Å². The Hall–Kier alpha value is -1.58. The Bertz CT molecular complexity index is 347. The zero-order valence-corrected chi connectivity index (χ0v) is 8.57. The van der Waals surface area contributed by atoms with Crippen molar-refractivity contribution in [2.45, 2.75) is 20.8 Å². The molecule has 0 aromatic carbocycles. The summed E-state index contributed by atoms with van der Waals surface area (Å²) in [6.45, 7) is 5.26. The third-order valence-corrected chi connectivity index (χ3v) is 1.89. The number of carbonyl (C=O) groups excluding carboxylic acids is 1. The van der Waals surface area contributed by atoms with Gasteiger partial charge in [0.15, 0.2) is 6.20 Å². The van der Waals surface area contributed by atoms with E-state index in [1.807, 2.05) is 0 Å². The molecular weight excluding hydrogens is 180 g/mol. The van der Waals surface area contributed by atoms with Crippen molar-refractivity contribution in [3.05, 3.63) is 29.2 Å². The van der Waals surface area contributed by atoms with Crippen LogP contribution in [0.15, 0.2) is 18.3 Å². The maximum Gasteiger partial charge on any atom is 0.283 e. The van der Waals surface area contributed by atoms with Gasteiger partial charge in [-0.3, -0.25) is 4.79 Å². The fraction of sp³-hybridized carbons (Fsp3) is 0.400. The van der Waals surface area contributed by atoms with Crippen LogP contribution in [0.3, 0.4) is 0 Å². The van der Waals surface area contributed by atoms with Crippen molar-refractivity contribution in [2.24, 2.45) is 5.41 Å². The van der Waals surface area contributed by atoms with Gasteiger partial charge in [0, 0.05) is 11.5 Å². The Morgan fingerprint density at radius 3 is 2.50 bits per heavy atom. The molecule has 0 aliphatic carbocycles. The van der Waals surface area contributed by atoms with Crippen molar-refractivity contribution in [2.75, 3.05) is 5.73 Å². The minimum atomic E-state index is -0.596. The number of nitrogens with two attached hydrogens (primary N) is 1. The van der Waals surface area contributed by atoms with Crippen LogP contribution in [0.2, 0.25) is 0 Å². The fourth-order valence-corrected chi connectivity index (χ4v) is 1.09. The first-order valence-corrected chi connectivity index (χ1v) is 4.36. The minimum absolute atomic E-state index is 0.0278. The zero-order chi connectivity index (χ0) is 10.9. The van der Waals surface area contributed by atoms with E-state index in [1.165, 1.54) is 12.3 Å². The Labute approximate surface area is 82.9 Å². The van der Waals surface area contributed by atoms with E-state index in [2.05, 4.69) is 0 Å². The van der Waals surface area contributed by atoms with Crippen LogP contribution in [0.1, 0.15) is 31.3 Å². The predicted octanol–water partition coefficient (Wildman–Crippen LogP) is 1.13. The van der Waals surface area contributed by atoms with Crippen LogP contribution in [-0.2, 0) is 0 Å². The summed E-state index contributed by atoms with van der Waals surface area (Å²) >= 11 is 0. The largest absolute Gasteiger partial charge is 0.618 e. The minimum Gasteiger partial charge on any atom is -0.618 e. The van der Waals surface area contributed by atoms with E-state index in [1.54, 1.807) is 26.8 Å². The molecular formula is C10H14N2O2. The summed E-state index contributed by atoms with van der Waals surface area (Å²) in [6.07, 6.45) is 1.27. The highest BCUT2D eigenvalue weighted by atomic mass is 16.5. The highest BCUT2D eigenvalue weighted by Crippen LogP contribution is 2.21. The second-order valence-electron chi connectivity index (χ2n) is 4.22. The Kier molecular flexibility index (Phi) is 2.47. The molecule has 0 bridgehead atoms. The molecule has 0 atom stereocenters. The molecule has 0 aliphatic heterocycles. The van der Waals surface area contributed by atoms with E-state index >= 15 is 0 Å². The second-order valence-corrected chi connectivity index (χ2v) is 4.22. The van der Waals surface area contributed by atoms with Gasteiger partial charge in [-0.25, -0.2) is 0 Å². The standard InChI is InChI=1S/C10H14N2O2/c1-10(2,3)9(13)8-7(11)5-4-6-12(8)14/h4-6H,11H2,1-3H3. The molecule has 1 rings (SSSR count). The summed E-state index contributed by atoms with van der Waals surface area (Å²) < 4.78 is 0.517. The highest BCUT2D eigenvalue weighted by molar-refractivity contribution is 6.00. The van der Waals surface area contributed by atoms with E-state index in [0.717, 1.165) is 0 Å². The molecule has 0 fully saturated rings. The summed E-state index contributed by atoms with van der Waals surface area (Å²) in [4.78, 5) is 11.8. The first-order valence-electron chi connectivity index (χ1n) is 4.36. The topological polar surface area (TPSA) is 70.0 Å². The average Bonchev–Trinajstić information content (AvgIpc) is 2.01.